The van der Waals surface area contributed by atoms with Crippen molar-refractivity contribution >= 4 is 11.8 Å². The number of rotatable bonds is 6. The van der Waals surface area contributed by atoms with Gasteiger partial charge in [0, 0.05) is 16.7 Å². The third kappa shape index (κ3) is 4.81. The Kier molecular flexibility index (Phi) is 5.73. The average Bonchev–Trinajstić information content (AvgIpc) is 2.47. The van der Waals surface area contributed by atoms with E-state index in [-0.39, 0.29) is 17.7 Å². The molecule has 0 aliphatic carbocycles. The number of aryl methyl sites for hydroxylation is 1. The van der Waals surface area contributed by atoms with E-state index in [0.717, 1.165) is 16.0 Å². The standard InChI is InChI=1S/C16H18F2N2S/c1-11-5-6-14(18)7-12(11)8-15(20-19)10-21-16-4-2-3-13(17)9-16/h2-7,9,15,20H,8,10,19H2,1H3. The molecule has 0 bridgehead atoms. The van der Waals surface area contributed by atoms with Crippen LogP contribution in [-0.4, -0.2) is 11.8 Å². The summed E-state index contributed by atoms with van der Waals surface area (Å²) in [5.41, 5.74) is 4.71. The van der Waals surface area contributed by atoms with Gasteiger partial charge in [0.25, 0.3) is 0 Å². The van der Waals surface area contributed by atoms with Crippen LogP contribution in [-0.2, 0) is 6.42 Å². The number of hydrogen-bond donors (Lipinski definition) is 2. The normalized spacial score (nSPS) is 12.4. The van der Waals surface area contributed by atoms with Crippen LogP contribution < -0.4 is 11.3 Å². The minimum absolute atomic E-state index is 0.0150. The molecule has 0 radical (unpaired) electrons. The Bertz CT molecular complexity index is 605. The number of benzene rings is 2. The summed E-state index contributed by atoms with van der Waals surface area (Å²) >= 11 is 1.52. The lowest BCUT2D eigenvalue weighted by atomic mass is 10.0. The number of nitrogens with two attached hydrogens (primary N) is 1. The molecule has 0 aliphatic rings. The fourth-order valence-electron chi connectivity index (χ4n) is 2.04. The predicted octanol–water partition coefficient (Wildman–Crippen LogP) is 3.44. The second-order valence-corrected chi connectivity index (χ2v) is 6.00. The molecule has 112 valence electrons. The summed E-state index contributed by atoms with van der Waals surface area (Å²) in [5, 5.41) is 0. The van der Waals surface area contributed by atoms with E-state index >= 15 is 0 Å². The van der Waals surface area contributed by atoms with Crippen molar-refractivity contribution in [3.8, 4) is 0 Å². The fourth-order valence-corrected chi connectivity index (χ4v) is 3.02. The molecule has 2 aromatic carbocycles. The van der Waals surface area contributed by atoms with Crippen LogP contribution in [0.5, 0.6) is 0 Å². The van der Waals surface area contributed by atoms with Gasteiger partial charge in [0.15, 0.2) is 0 Å². The second-order valence-electron chi connectivity index (χ2n) is 4.91. The molecule has 0 amide bonds. The first-order valence-electron chi connectivity index (χ1n) is 6.68. The number of hydrogen-bond acceptors (Lipinski definition) is 3. The Hall–Kier alpha value is -1.43. The van der Waals surface area contributed by atoms with Crippen LogP contribution in [0.4, 0.5) is 8.78 Å². The average molecular weight is 308 g/mol. The van der Waals surface area contributed by atoms with E-state index in [1.54, 1.807) is 12.1 Å². The molecule has 2 rings (SSSR count). The van der Waals surface area contributed by atoms with Crippen molar-refractivity contribution in [1.82, 2.24) is 5.43 Å². The Morgan fingerprint density at radius 2 is 1.90 bits per heavy atom. The lowest BCUT2D eigenvalue weighted by Gasteiger charge is -2.17. The summed E-state index contributed by atoms with van der Waals surface area (Å²) in [7, 11) is 0. The van der Waals surface area contributed by atoms with Crippen molar-refractivity contribution in [3.63, 3.8) is 0 Å². The highest BCUT2D eigenvalue weighted by atomic mass is 32.2. The van der Waals surface area contributed by atoms with Crippen molar-refractivity contribution in [2.45, 2.75) is 24.3 Å². The van der Waals surface area contributed by atoms with Crippen molar-refractivity contribution in [2.24, 2.45) is 5.84 Å². The molecule has 2 aromatic rings. The van der Waals surface area contributed by atoms with Gasteiger partial charge in [0.1, 0.15) is 11.6 Å². The number of hydrazine groups is 1. The fraction of sp³-hybridized carbons (Fsp3) is 0.250. The summed E-state index contributed by atoms with van der Waals surface area (Å²) in [4.78, 5) is 0.853. The van der Waals surface area contributed by atoms with Gasteiger partial charge in [0.05, 0.1) is 0 Å². The molecule has 2 nitrogen and oxygen atoms in total. The topological polar surface area (TPSA) is 38.0 Å². The van der Waals surface area contributed by atoms with E-state index in [2.05, 4.69) is 5.43 Å². The van der Waals surface area contributed by atoms with Crippen molar-refractivity contribution in [3.05, 3.63) is 65.2 Å². The largest absolute Gasteiger partial charge is 0.271 e. The van der Waals surface area contributed by atoms with Crippen molar-refractivity contribution < 1.29 is 8.78 Å². The number of halogens is 2. The highest BCUT2D eigenvalue weighted by molar-refractivity contribution is 7.99. The summed E-state index contributed by atoms with van der Waals surface area (Å²) < 4.78 is 26.4. The monoisotopic (exact) mass is 308 g/mol. The Labute approximate surface area is 127 Å². The predicted molar refractivity (Wildman–Crippen MR) is 83.1 cm³/mol. The van der Waals surface area contributed by atoms with Gasteiger partial charge < -0.3 is 0 Å². The van der Waals surface area contributed by atoms with E-state index in [1.165, 1.54) is 36.0 Å². The van der Waals surface area contributed by atoms with Gasteiger partial charge >= 0.3 is 0 Å². The van der Waals surface area contributed by atoms with Crippen LogP contribution in [0.2, 0.25) is 0 Å². The molecule has 0 fully saturated rings. The van der Waals surface area contributed by atoms with Crippen LogP contribution >= 0.6 is 11.8 Å². The highest BCUT2D eigenvalue weighted by Crippen LogP contribution is 2.21. The minimum atomic E-state index is -0.252. The summed E-state index contributed by atoms with van der Waals surface area (Å²) in [6.45, 7) is 1.95. The first-order valence-corrected chi connectivity index (χ1v) is 7.66. The molecular formula is C16H18F2N2S. The van der Waals surface area contributed by atoms with Gasteiger partial charge in [-0.2, -0.15) is 0 Å². The zero-order chi connectivity index (χ0) is 15.2. The first kappa shape index (κ1) is 15.9. The number of nitrogens with one attached hydrogen (secondary N) is 1. The summed E-state index contributed by atoms with van der Waals surface area (Å²) in [6, 6.07) is 11.2. The Morgan fingerprint density at radius 1 is 1.14 bits per heavy atom. The van der Waals surface area contributed by atoms with Gasteiger partial charge in [-0.25, -0.2) is 8.78 Å². The molecule has 21 heavy (non-hydrogen) atoms. The van der Waals surface area contributed by atoms with Crippen LogP contribution in [0.3, 0.4) is 0 Å². The molecule has 0 heterocycles. The zero-order valence-electron chi connectivity index (χ0n) is 11.8. The van der Waals surface area contributed by atoms with Crippen LogP contribution in [0, 0.1) is 18.6 Å². The quantitative estimate of drug-likeness (QED) is 0.488. The molecule has 5 heteroatoms. The van der Waals surface area contributed by atoms with Gasteiger partial charge in [0.2, 0.25) is 0 Å². The lowest BCUT2D eigenvalue weighted by molar-refractivity contribution is 0.569. The maximum atomic E-state index is 13.3. The SMILES string of the molecule is Cc1ccc(F)cc1CC(CSc1cccc(F)c1)NN. The van der Waals surface area contributed by atoms with E-state index in [4.69, 9.17) is 5.84 Å². The maximum Gasteiger partial charge on any atom is 0.124 e. The summed E-state index contributed by atoms with van der Waals surface area (Å²) in [6.07, 6.45) is 0.627. The molecule has 3 N–H and O–H groups in total. The molecule has 0 aliphatic heterocycles. The lowest BCUT2D eigenvalue weighted by Crippen LogP contribution is -2.38. The van der Waals surface area contributed by atoms with E-state index < -0.39 is 0 Å². The Balaban J connectivity index is 1.98. The van der Waals surface area contributed by atoms with Gasteiger partial charge in [-0.15, -0.1) is 11.8 Å². The third-order valence-electron chi connectivity index (χ3n) is 3.26. The first-order chi connectivity index (χ1) is 10.1. The van der Waals surface area contributed by atoms with Crippen LogP contribution in [0.1, 0.15) is 11.1 Å². The summed E-state index contributed by atoms with van der Waals surface area (Å²) in [5.74, 6) is 5.75. The smallest absolute Gasteiger partial charge is 0.124 e. The van der Waals surface area contributed by atoms with E-state index in [9.17, 15) is 8.78 Å². The maximum absolute atomic E-state index is 13.3. The highest BCUT2D eigenvalue weighted by Gasteiger charge is 2.11. The number of thioether (sulfide) groups is 1. The van der Waals surface area contributed by atoms with Crippen molar-refractivity contribution in [1.29, 1.82) is 0 Å². The van der Waals surface area contributed by atoms with Gasteiger partial charge in [-0.1, -0.05) is 12.1 Å². The molecule has 1 atom stereocenters. The molecular weight excluding hydrogens is 290 g/mol. The molecule has 0 spiro atoms. The molecule has 0 saturated heterocycles. The Morgan fingerprint density at radius 3 is 2.62 bits per heavy atom. The minimum Gasteiger partial charge on any atom is -0.271 e. The van der Waals surface area contributed by atoms with Gasteiger partial charge in [-0.3, -0.25) is 11.3 Å². The molecule has 0 saturated carbocycles. The molecule has 0 aromatic heterocycles. The molecule has 1 unspecified atom stereocenters. The van der Waals surface area contributed by atoms with Crippen LogP contribution in [0.15, 0.2) is 47.4 Å². The second kappa shape index (κ2) is 7.54. The third-order valence-corrected chi connectivity index (χ3v) is 4.42. The van der Waals surface area contributed by atoms with Gasteiger partial charge in [-0.05, 0) is 54.8 Å². The van der Waals surface area contributed by atoms with Crippen LogP contribution in [0.25, 0.3) is 0 Å². The van der Waals surface area contributed by atoms with E-state index in [1.807, 2.05) is 13.0 Å². The zero-order valence-corrected chi connectivity index (χ0v) is 12.6. The van der Waals surface area contributed by atoms with Crippen molar-refractivity contribution in [2.75, 3.05) is 5.75 Å². The van der Waals surface area contributed by atoms with E-state index in [0.29, 0.717) is 12.2 Å².